The first-order valence-corrected chi connectivity index (χ1v) is 7.96. The third-order valence-electron chi connectivity index (χ3n) is 3.23. The Bertz CT molecular complexity index is 385. The van der Waals surface area contributed by atoms with Gasteiger partial charge in [-0.05, 0) is 48.0 Å². The van der Waals surface area contributed by atoms with Gasteiger partial charge >= 0.3 is 0 Å². The van der Waals surface area contributed by atoms with Gasteiger partial charge in [-0.2, -0.15) is 11.8 Å². The molecule has 1 aromatic rings. The number of carbonyl (C=O) groups is 1. The Balaban J connectivity index is 1.73. The van der Waals surface area contributed by atoms with Crippen LogP contribution in [0.3, 0.4) is 0 Å². The van der Waals surface area contributed by atoms with Gasteiger partial charge in [0.15, 0.2) is 0 Å². The van der Waals surface area contributed by atoms with E-state index >= 15 is 0 Å². The third-order valence-corrected chi connectivity index (χ3v) is 4.58. The quantitative estimate of drug-likeness (QED) is 0.831. The Labute approximate surface area is 118 Å². The molecule has 0 bridgehead atoms. The Morgan fingerprint density at radius 2 is 1.94 bits per heavy atom. The SMILES string of the molecule is O=C(Cc1ccc(S)cc1)NCC1CCSCC1. The van der Waals surface area contributed by atoms with Crippen molar-refractivity contribution in [3.63, 3.8) is 0 Å². The number of benzene rings is 1. The molecule has 1 aromatic carbocycles. The van der Waals surface area contributed by atoms with Crippen molar-refractivity contribution in [1.82, 2.24) is 5.32 Å². The van der Waals surface area contributed by atoms with Crippen LogP contribution in [0.1, 0.15) is 18.4 Å². The standard InChI is InChI=1S/C14H19NOS2/c16-14(9-11-1-3-13(17)4-2-11)15-10-12-5-7-18-8-6-12/h1-4,12,17H,5-10H2,(H,15,16). The predicted molar refractivity (Wildman–Crippen MR) is 80.5 cm³/mol. The highest BCUT2D eigenvalue weighted by atomic mass is 32.2. The maximum absolute atomic E-state index is 11.8. The molecule has 2 rings (SSSR count). The molecule has 98 valence electrons. The molecule has 0 spiro atoms. The van der Waals surface area contributed by atoms with Gasteiger partial charge in [-0.1, -0.05) is 12.1 Å². The maximum Gasteiger partial charge on any atom is 0.224 e. The maximum atomic E-state index is 11.8. The summed E-state index contributed by atoms with van der Waals surface area (Å²) in [5.74, 6) is 3.28. The van der Waals surface area contributed by atoms with Crippen LogP contribution in [0.4, 0.5) is 0 Å². The Kier molecular flexibility index (Phi) is 5.45. The first-order valence-electron chi connectivity index (χ1n) is 6.36. The normalized spacial score (nSPS) is 16.5. The summed E-state index contributed by atoms with van der Waals surface area (Å²) in [7, 11) is 0. The molecule has 0 aliphatic carbocycles. The number of hydrogen-bond acceptors (Lipinski definition) is 3. The van der Waals surface area contributed by atoms with Crippen molar-refractivity contribution in [2.75, 3.05) is 18.1 Å². The molecule has 1 aliphatic heterocycles. The zero-order valence-electron chi connectivity index (χ0n) is 10.4. The molecule has 0 saturated carbocycles. The van der Waals surface area contributed by atoms with Crippen molar-refractivity contribution in [2.24, 2.45) is 5.92 Å². The van der Waals surface area contributed by atoms with E-state index in [1.807, 2.05) is 36.0 Å². The van der Waals surface area contributed by atoms with E-state index in [2.05, 4.69) is 17.9 Å². The van der Waals surface area contributed by atoms with Crippen molar-refractivity contribution in [1.29, 1.82) is 0 Å². The zero-order chi connectivity index (χ0) is 12.8. The van der Waals surface area contributed by atoms with Gasteiger partial charge in [0.1, 0.15) is 0 Å². The molecule has 1 N–H and O–H groups in total. The second-order valence-electron chi connectivity index (χ2n) is 4.70. The molecule has 1 amide bonds. The van der Waals surface area contributed by atoms with E-state index in [0.29, 0.717) is 12.3 Å². The molecule has 1 aliphatic rings. The highest BCUT2D eigenvalue weighted by Crippen LogP contribution is 2.21. The van der Waals surface area contributed by atoms with Gasteiger partial charge in [-0.25, -0.2) is 0 Å². The fourth-order valence-electron chi connectivity index (χ4n) is 2.07. The lowest BCUT2D eigenvalue weighted by Crippen LogP contribution is -2.31. The van der Waals surface area contributed by atoms with Gasteiger partial charge in [0.25, 0.3) is 0 Å². The van der Waals surface area contributed by atoms with Gasteiger partial charge in [0.2, 0.25) is 5.91 Å². The van der Waals surface area contributed by atoms with Gasteiger partial charge in [0.05, 0.1) is 6.42 Å². The van der Waals surface area contributed by atoms with Crippen LogP contribution in [0.25, 0.3) is 0 Å². The fourth-order valence-corrected chi connectivity index (χ4v) is 3.42. The molecule has 1 saturated heterocycles. The van der Waals surface area contributed by atoms with Crippen molar-refractivity contribution in [3.8, 4) is 0 Å². The molecule has 0 radical (unpaired) electrons. The van der Waals surface area contributed by atoms with Crippen LogP contribution in [0.15, 0.2) is 29.2 Å². The van der Waals surface area contributed by atoms with Crippen LogP contribution in [0, 0.1) is 5.92 Å². The molecule has 4 heteroatoms. The lowest BCUT2D eigenvalue weighted by Gasteiger charge is -2.21. The van der Waals surface area contributed by atoms with E-state index in [-0.39, 0.29) is 5.91 Å². The van der Waals surface area contributed by atoms with Crippen LogP contribution in [-0.2, 0) is 11.2 Å². The van der Waals surface area contributed by atoms with Gasteiger partial charge in [-0.15, -0.1) is 12.6 Å². The summed E-state index contributed by atoms with van der Waals surface area (Å²) in [6.45, 7) is 0.837. The van der Waals surface area contributed by atoms with Crippen LogP contribution in [-0.4, -0.2) is 24.0 Å². The van der Waals surface area contributed by atoms with Crippen molar-refractivity contribution < 1.29 is 4.79 Å². The molecular formula is C14H19NOS2. The molecule has 0 atom stereocenters. The Morgan fingerprint density at radius 1 is 1.28 bits per heavy atom. The average Bonchev–Trinajstić information content (AvgIpc) is 2.40. The molecule has 1 fully saturated rings. The summed E-state index contributed by atoms with van der Waals surface area (Å²) in [5.41, 5.74) is 1.05. The molecule has 2 nitrogen and oxygen atoms in total. The second-order valence-corrected chi connectivity index (χ2v) is 6.44. The first-order chi connectivity index (χ1) is 8.74. The van der Waals surface area contributed by atoms with E-state index in [1.165, 1.54) is 24.3 Å². The van der Waals surface area contributed by atoms with E-state index in [9.17, 15) is 4.79 Å². The van der Waals surface area contributed by atoms with Crippen LogP contribution in [0.2, 0.25) is 0 Å². The largest absolute Gasteiger partial charge is 0.356 e. The summed E-state index contributed by atoms with van der Waals surface area (Å²) in [6, 6.07) is 7.76. The van der Waals surface area contributed by atoms with Crippen LogP contribution < -0.4 is 5.32 Å². The minimum atomic E-state index is 0.125. The number of amides is 1. The summed E-state index contributed by atoms with van der Waals surface area (Å²) < 4.78 is 0. The molecule has 0 aromatic heterocycles. The smallest absolute Gasteiger partial charge is 0.224 e. The number of thioether (sulfide) groups is 1. The molecule has 1 heterocycles. The summed E-state index contributed by atoms with van der Waals surface area (Å²) in [5, 5.41) is 3.05. The van der Waals surface area contributed by atoms with Crippen LogP contribution in [0.5, 0.6) is 0 Å². The van der Waals surface area contributed by atoms with Gasteiger partial charge < -0.3 is 5.32 Å². The third kappa shape index (κ3) is 4.58. The topological polar surface area (TPSA) is 29.1 Å². The Hall–Kier alpha value is -0.610. The molecular weight excluding hydrogens is 262 g/mol. The monoisotopic (exact) mass is 281 g/mol. The minimum absolute atomic E-state index is 0.125. The van der Waals surface area contributed by atoms with E-state index in [4.69, 9.17) is 0 Å². The average molecular weight is 281 g/mol. The fraction of sp³-hybridized carbons (Fsp3) is 0.500. The Morgan fingerprint density at radius 3 is 2.61 bits per heavy atom. The lowest BCUT2D eigenvalue weighted by molar-refractivity contribution is -0.120. The number of nitrogens with one attached hydrogen (secondary N) is 1. The number of rotatable bonds is 4. The second kappa shape index (κ2) is 7.10. The van der Waals surface area contributed by atoms with Crippen molar-refractivity contribution in [2.45, 2.75) is 24.2 Å². The predicted octanol–water partition coefficient (Wildman–Crippen LogP) is 2.78. The number of hydrogen-bond donors (Lipinski definition) is 2. The van der Waals surface area contributed by atoms with Crippen LogP contribution >= 0.6 is 24.4 Å². The van der Waals surface area contributed by atoms with Crippen molar-refractivity contribution >= 4 is 30.3 Å². The first kappa shape index (κ1) is 13.8. The van der Waals surface area contributed by atoms with Crippen molar-refractivity contribution in [3.05, 3.63) is 29.8 Å². The van der Waals surface area contributed by atoms with E-state index < -0.39 is 0 Å². The van der Waals surface area contributed by atoms with E-state index in [0.717, 1.165) is 17.0 Å². The highest BCUT2D eigenvalue weighted by Gasteiger charge is 2.14. The van der Waals surface area contributed by atoms with Gasteiger partial charge in [0, 0.05) is 11.4 Å². The number of thiol groups is 1. The zero-order valence-corrected chi connectivity index (χ0v) is 12.1. The minimum Gasteiger partial charge on any atom is -0.356 e. The molecule has 0 unspecified atom stereocenters. The summed E-state index contributed by atoms with van der Waals surface area (Å²) in [4.78, 5) is 12.7. The lowest BCUT2D eigenvalue weighted by atomic mass is 10.0. The summed E-state index contributed by atoms with van der Waals surface area (Å²) in [6.07, 6.45) is 2.94. The molecule has 18 heavy (non-hydrogen) atoms. The summed E-state index contributed by atoms with van der Waals surface area (Å²) >= 11 is 6.25. The van der Waals surface area contributed by atoms with Gasteiger partial charge in [-0.3, -0.25) is 4.79 Å². The van der Waals surface area contributed by atoms with E-state index in [1.54, 1.807) is 0 Å². The highest BCUT2D eigenvalue weighted by molar-refractivity contribution is 7.99. The number of carbonyl (C=O) groups excluding carboxylic acids is 1.